The number of hydrogen-bond acceptors (Lipinski definition) is 5. The minimum Gasteiger partial charge on any atom is -0.480 e. The highest BCUT2D eigenvalue weighted by Crippen LogP contribution is 2.16. The Bertz CT molecular complexity index is 812. The van der Waals surface area contributed by atoms with Crippen LogP contribution in [0.15, 0.2) is 42.5 Å². The Kier molecular flexibility index (Phi) is 6.99. The van der Waals surface area contributed by atoms with Gasteiger partial charge >= 0.3 is 5.97 Å². The van der Waals surface area contributed by atoms with Gasteiger partial charge in [-0.15, -0.1) is 0 Å². The molecule has 0 bridgehead atoms. The van der Waals surface area contributed by atoms with Crippen molar-refractivity contribution in [2.45, 2.75) is 18.5 Å². The van der Waals surface area contributed by atoms with Crippen LogP contribution in [0.5, 0.6) is 0 Å². The van der Waals surface area contributed by atoms with Crippen molar-refractivity contribution >= 4 is 41.2 Å². The third kappa shape index (κ3) is 5.47. The first kappa shape index (κ1) is 19.7. The Morgan fingerprint density at radius 2 is 1.81 bits per heavy atom. The first-order chi connectivity index (χ1) is 12.4. The molecule has 0 heterocycles. The van der Waals surface area contributed by atoms with Crippen LogP contribution in [0.3, 0.4) is 0 Å². The minimum absolute atomic E-state index is 0.0451. The first-order valence-corrected chi connectivity index (χ1v) is 8.68. The minimum atomic E-state index is -1.19. The van der Waals surface area contributed by atoms with Gasteiger partial charge in [-0.2, -0.15) is 12.6 Å². The number of carbonyl (C=O) groups excluding carboxylic acids is 2. The van der Waals surface area contributed by atoms with Crippen molar-refractivity contribution in [2.75, 3.05) is 12.3 Å². The van der Waals surface area contributed by atoms with Gasteiger partial charge in [0.15, 0.2) is 0 Å². The Labute approximate surface area is 156 Å². The van der Waals surface area contributed by atoms with Gasteiger partial charge in [-0.1, -0.05) is 42.5 Å². The second kappa shape index (κ2) is 9.21. The van der Waals surface area contributed by atoms with E-state index in [0.717, 1.165) is 16.3 Å². The highest BCUT2D eigenvalue weighted by Gasteiger charge is 2.19. The molecule has 0 aliphatic carbocycles. The maximum absolute atomic E-state index is 12.1. The van der Waals surface area contributed by atoms with Crippen molar-refractivity contribution in [1.29, 1.82) is 0 Å². The molecule has 0 radical (unpaired) electrons. The second-order valence-electron chi connectivity index (χ2n) is 5.85. The van der Waals surface area contributed by atoms with Gasteiger partial charge in [-0.05, 0) is 22.8 Å². The second-order valence-corrected chi connectivity index (χ2v) is 6.22. The van der Waals surface area contributed by atoms with Crippen molar-refractivity contribution in [2.24, 2.45) is 5.73 Å². The van der Waals surface area contributed by atoms with Crippen LogP contribution < -0.4 is 16.4 Å². The van der Waals surface area contributed by atoms with Crippen molar-refractivity contribution in [3.05, 3.63) is 48.0 Å². The maximum atomic E-state index is 12.1. The number of nitrogens with two attached hydrogens (primary N) is 1. The summed E-state index contributed by atoms with van der Waals surface area (Å²) in [5.74, 6) is -2.33. The molecule has 2 aromatic rings. The van der Waals surface area contributed by atoms with Crippen LogP contribution in [-0.4, -0.2) is 47.3 Å². The average Bonchev–Trinajstić information content (AvgIpc) is 2.63. The summed E-state index contributed by atoms with van der Waals surface area (Å²) in [6.07, 6.45) is 0.326. The molecule has 5 N–H and O–H groups in total. The molecule has 2 rings (SSSR count). The van der Waals surface area contributed by atoms with E-state index in [1.807, 2.05) is 42.5 Å². The number of aliphatic carboxylic acids is 1. The molecular weight excluding hydrogens is 354 g/mol. The molecule has 26 heavy (non-hydrogen) atoms. The van der Waals surface area contributed by atoms with Gasteiger partial charge in [0.25, 0.3) is 0 Å². The van der Waals surface area contributed by atoms with E-state index in [1.165, 1.54) is 0 Å². The quantitative estimate of drug-likeness (QED) is 0.426. The molecule has 0 aromatic heterocycles. The van der Waals surface area contributed by atoms with Crippen LogP contribution in [0.25, 0.3) is 10.8 Å². The molecule has 8 heteroatoms. The number of nitrogens with one attached hydrogen (secondary N) is 2. The lowest BCUT2D eigenvalue weighted by molar-refractivity contribution is -0.141. The topological polar surface area (TPSA) is 122 Å². The molecule has 0 fully saturated rings. The normalized spacial score (nSPS) is 13.0. The molecular formula is C18H21N3O4S. The summed E-state index contributed by atoms with van der Waals surface area (Å²) in [4.78, 5) is 34.6. The number of amides is 2. The Balaban J connectivity index is 1.86. The molecule has 0 aliphatic rings. The average molecular weight is 375 g/mol. The standard InChI is InChI=1S/C18H21N3O4S/c19-14(8-11-5-6-12-3-1-2-4-13(12)7-11)17(23)20-9-16(22)21-15(10-26)18(24)25/h1-7,14-15,26H,8-10,19H2,(H,20,23)(H,21,22)(H,24,25)/t14-,15-/m0/s1. The summed E-state index contributed by atoms with van der Waals surface area (Å²) in [6.45, 7) is -0.345. The molecule has 0 saturated heterocycles. The van der Waals surface area contributed by atoms with E-state index in [0.29, 0.717) is 6.42 Å². The van der Waals surface area contributed by atoms with E-state index in [4.69, 9.17) is 10.8 Å². The van der Waals surface area contributed by atoms with Crippen LogP contribution in [0.1, 0.15) is 5.56 Å². The van der Waals surface area contributed by atoms with Crippen molar-refractivity contribution < 1.29 is 19.5 Å². The predicted molar refractivity (Wildman–Crippen MR) is 102 cm³/mol. The van der Waals surface area contributed by atoms with Gasteiger partial charge in [0.1, 0.15) is 6.04 Å². The molecule has 2 amide bonds. The van der Waals surface area contributed by atoms with Gasteiger partial charge in [-0.3, -0.25) is 9.59 Å². The molecule has 0 spiro atoms. The van der Waals surface area contributed by atoms with E-state index < -0.39 is 29.9 Å². The first-order valence-electron chi connectivity index (χ1n) is 8.04. The van der Waals surface area contributed by atoms with E-state index in [9.17, 15) is 14.4 Å². The van der Waals surface area contributed by atoms with Crippen molar-refractivity contribution in [3.63, 3.8) is 0 Å². The summed E-state index contributed by atoms with van der Waals surface area (Å²) in [7, 11) is 0. The predicted octanol–water partition coefficient (Wildman–Crippen LogP) is 0.325. The SMILES string of the molecule is N[C@@H](Cc1ccc2ccccc2c1)C(=O)NCC(=O)N[C@@H](CS)C(=O)O. The number of rotatable bonds is 8. The fraction of sp³-hybridized carbons (Fsp3) is 0.278. The lowest BCUT2D eigenvalue weighted by Gasteiger charge is -2.15. The fourth-order valence-electron chi connectivity index (χ4n) is 2.44. The van der Waals surface area contributed by atoms with Gasteiger partial charge in [0.05, 0.1) is 12.6 Å². The highest BCUT2D eigenvalue weighted by molar-refractivity contribution is 7.80. The number of hydrogen-bond donors (Lipinski definition) is 5. The van der Waals surface area contributed by atoms with Gasteiger partial charge in [0, 0.05) is 5.75 Å². The number of carboxylic acids is 1. The van der Waals surface area contributed by atoms with Gasteiger partial charge < -0.3 is 21.5 Å². The van der Waals surface area contributed by atoms with Gasteiger partial charge in [-0.25, -0.2) is 4.79 Å². The molecule has 2 aromatic carbocycles. The van der Waals surface area contributed by atoms with Crippen LogP contribution in [0.2, 0.25) is 0 Å². The number of carboxylic acid groups (broad SMARTS) is 1. The highest BCUT2D eigenvalue weighted by atomic mass is 32.1. The summed E-state index contributed by atoms with van der Waals surface area (Å²) in [5.41, 5.74) is 6.82. The van der Waals surface area contributed by atoms with E-state index in [2.05, 4.69) is 23.3 Å². The Morgan fingerprint density at radius 1 is 1.12 bits per heavy atom. The zero-order chi connectivity index (χ0) is 19.1. The monoisotopic (exact) mass is 375 g/mol. The molecule has 2 atom stereocenters. The molecule has 138 valence electrons. The van der Waals surface area contributed by atoms with Crippen LogP contribution >= 0.6 is 12.6 Å². The third-order valence-electron chi connectivity index (χ3n) is 3.85. The van der Waals surface area contributed by atoms with Crippen LogP contribution in [0.4, 0.5) is 0 Å². The van der Waals surface area contributed by atoms with E-state index >= 15 is 0 Å². The molecule has 0 aliphatic heterocycles. The zero-order valence-electron chi connectivity index (χ0n) is 14.0. The number of thiol groups is 1. The van der Waals surface area contributed by atoms with E-state index in [1.54, 1.807) is 0 Å². The lowest BCUT2D eigenvalue weighted by atomic mass is 10.0. The van der Waals surface area contributed by atoms with Crippen molar-refractivity contribution in [1.82, 2.24) is 10.6 Å². The molecule has 7 nitrogen and oxygen atoms in total. The summed E-state index contributed by atoms with van der Waals surface area (Å²) in [5, 5.41) is 15.7. The Morgan fingerprint density at radius 3 is 2.46 bits per heavy atom. The lowest BCUT2D eigenvalue weighted by Crippen LogP contribution is -2.49. The summed E-state index contributed by atoms with van der Waals surface area (Å²) >= 11 is 3.85. The molecule has 0 saturated carbocycles. The Hall–Kier alpha value is -2.58. The number of fused-ring (bicyclic) bond motifs is 1. The van der Waals surface area contributed by atoms with E-state index in [-0.39, 0.29) is 12.3 Å². The van der Waals surface area contributed by atoms with Gasteiger partial charge in [0.2, 0.25) is 11.8 Å². The molecule has 0 unspecified atom stereocenters. The van der Waals surface area contributed by atoms with Crippen LogP contribution in [0, 0.1) is 0 Å². The third-order valence-corrected chi connectivity index (χ3v) is 4.21. The van der Waals surface area contributed by atoms with Crippen LogP contribution in [-0.2, 0) is 20.8 Å². The summed E-state index contributed by atoms with van der Waals surface area (Å²) in [6, 6.07) is 11.8. The zero-order valence-corrected chi connectivity index (χ0v) is 14.9. The smallest absolute Gasteiger partial charge is 0.327 e. The largest absolute Gasteiger partial charge is 0.480 e. The maximum Gasteiger partial charge on any atom is 0.327 e. The number of carbonyl (C=O) groups is 3. The number of benzene rings is 2. The van der Waals surface area contributed by atoms with Crippen molar-refractivity contribution in [3.8, 4) is 0 Å². The fourth-order valence-corrected chi connectivity index (χ4v) is 2.69. The summed E-state index contributed by atoms with van der Waals surface area (Å²) < 4.78 is 0.